The maximum absolute atomic E-state index is 5.91. The number of nitrogens with two attached hydrogens (primary N) is 1. The number of anilines is 1. The molecule has 0 radical (unpaired) electrons. The molecule has 102 valence electrons. The third-order valence-electron chi connectivity index (χ3n) is 3.90. The van der Waals surface area contributed by atoms with E-state index in [-0.39, 0.29) is 0 Å². The molecule has 1 aromatic carbocycles. The van der Waals surface area contributed by atoms with Gasteiger partial charge in [-0.05, 0) is 37.9 Å². The van der Waals surface area contributed by atoms with Gasteiger partial charge in [-0.15, -0.1) is 0 Å². The molecule has 1 saturated carbocycles. The average molecular weight is 259 g/mol. The first-order valence-corrected chi connectivity index (χ1v) is 7.21. The van der Waals surface area contributed by atoms with Crippen molar-refractivity contribution in [2.24, 2.45) is 5.73 Å². The van der Waals surface area contributed by atoms with Gasteiger partial charge < -0.3 is 15.1 Å². The third-order valence-corrected chi connectivity index (χ3v) is 3.90. The summed E-state index contributed by atoms with van der Waals surface area (Å²) in [6, 6.07) is 9.28. The number of fused-ring (bicyclic) bond motifs is 1. The predicted molar refractivity (Wildman–Crippen MR) is 77.3 cm³/mol. The minimum atomic E-state index is 0.569. The van der Waals surface area contributed by atoms with E-state index in [4.69, 9.17) is 10.2 Å². The second-order valence-electron chi connectivity index (χ2n) is 5.24. The van der Waals surface area contributed by atoms with Crippen LogP contribution in [0.1, 0.15) is 32.1 Å². The van der Waals surface area contributed by atoms with Crippen LogP contribution in [0, 0.1) is 0 Å². The SMILES string of the molecule is NCCCN(c1nc2ccccc2o1)C1CCCC1. The summed E-state index contributed by atoms with van der Waals surface area (Å²) < 4.78 is 5.91. The summed E-state index contributed by atoms with van der Waals surface area (Å²) in [7, 11) is 0. The highest BCUT2D eigenvalue weighted by Crippen LogP contribution is 2.30. The molecule has 0 bridgehead atoms. The molecular weight excluding hydrogens is 238 g/mol. The highest BCUT2D eigenvalue weighted by atomic mass is 16.4. The number of hydrogen-bond donors (Lipinski definition) is 1. The largest absolute Gasteiger partial charge is 0.423 e. The molecule has 1 aliphatic carbocycles. The second-order valence-corrected chi connectivity index (χ2v) is 5.24. The molecule has 0 unspecified atom stereocenters. The summed E-state index contributed by atoms with van der Waals surface area (Å²) in [6.07, 6.45) is 6.08. The summed E-state index contributed by atoms with van der Waals surface area (Å²) in [4.78, 5) is 6.95. The van der Waals surface area contributed by atoms with Crippen molar-refractivity contribution < 1.29 is 4.42 Å². The van der Waals surface area contributed by atoms with E-state index in [1.807, 2.05) is 24.3 Å². The maximum atomic E-state index is 5.91. The van der Waals surface area contributed by atoms with Crippen molar-refractivity contribution in [3.05, 3.63) is 24.3 Å². The standard InChI is InChI=1S/C15H21N3O/c16-10-5-11-18(12-6-1-2-7-12)15-17-13-8-3-4-9-14(13)19-15/h3-4,8-9,12H,1-2,5-7,10-11,16H2. The molecular formula is C15H21N3O. The quantitative estimate of drug-likeness (QED) is 0.897. The lowest BCUT2D eigenvalue weighted by atomic mass is 10.2. The lowest BCUT2D eigenvalue weighted by molar-refractivity contribution is 0.506. The number of benzene rings is 1. The third kappa shape index (κ3) is 2.59. The van der Waals surface area contributed by atoms with E-state index < -0.39 is 0 Å². The summed E-state index contributed by atoms with van der Waals surface area (Å²) in [5.41, 5.74) is 7.46. The predicted octanol–water partition coefficient (Wildman–Crippen LogP) is 2.93. The highest BCUT2D eigenvalue weighted by Gasteiger charge is 2.25. The number of hydrogen-bond acceptors (Lipinski definition) is 4. The van der Waals surface area contributed by atoms with E-state index >= 15 is 0 Å². The maximum Gasteiger partial charge on any atom is 0.298 e. The number of oxazole rings is 1. The van der Waals surface area contributed by atoms with Crippen molar-refractivity contribution in [2.75, 3.05) is 18.0 Å². The zero-order valence-electron chi connectivity index (χ0n) is 11.2. The van der Waals surface area contributed by atoms with Crippen LogP contribution >= 0.6 is 0 Å². The van der Waals surface area contributed by atoms with Crippen LogP contribution in [0.25, 0.3) is 11.1 Å². The van der Waals surface area contributed by atoms with E-state index in [9.17, 15) is 0 Å². The summed E-state index contributed by atoms with van der Waals surface area (Å²) in [5, 5.41) is 0. The Labute approximate surface area is 113 Å². The average Bonchev–Trinajstić information content (AvgIpc) is 3.08. The monoisotopic (exact) mass is 259 g/mol. The van der Waals surface area contributed by atoms with E-state index in [0.717, 1.165) is 30.1 Å². The molecule has 0 saturated heterocycles. The minimum absolute atomic E-state index is 0.569. The molecule has 1 aliphatic rings. The van der Waals surface area contributed by atoms with Crippen LogP contribution in [0.5, 0.6) is 0 Å². The number of nitrogens with zero attached hydrogens (tertiary/aromatic N) is 2. The van der Waals surface area contributed by atoms with Gasteiger partial charge in [-0.1, -0.05) is 25.0 Å². The summed E-state index contributed by atoms with van der Waals surface area (Å²) in [5.74, 6) is 0. The van der Waals surface area contributed by atoms with Crippen LogP contribution in [0.3, 0.4) is 0 Å². The molecule has 2 aromatic rings. The molecule has 4 nitrogen and oxygen atoms in total. The fourth-order valence-electron chi connectivity index (χ4n) is 2.89. The number of para-hydroxylation sites is 2. The minimum Gasteiger partial charge on any atom is -0.423 e. The second kappa shape index (κ2) is 5.61. The molecule has 1 fully saturated rings. The van der Waals surface area contributed by atoms with Crippen molar-refractivity contribution in [3.63, 3.8) is 0 Å². The van der Waals surface area contributed by atoms with Gasteiger partial charge in [0.1, 0.15) is 5.52 Å². The van der Waals surface area contributed by atoms with Crippen LogP contribution in [-0.4, -0.2) is 24.1 Å². The summed E-state index contributed by atoms with van der Waals surface area (Å²) in [6.45, 7) is 1.65. The zero-order chi connectivity index (χ0) is 13.1. The number of aromatic nitrogens is 1. The first-order valence-electron chi connectivity index (χ1n) is 7.21. The fourth-order valence-corrected chi connectivity index (χ4v) is 2.89. The first kappa shape index (κ1) is 12.5. The van der Waals surface area contributed by atoms with Gasteiger partial charge >= 0.3 is 0 Å². The van der Waals surface area contributed by atoms with Gasteiger partial charge in [0, 0.05) is 12.6 Å². The van der Waals surface area contributed by atoms with Gasteiger partial charge in [0.05, 0.1) is 0 Å². The highest BCUT2D eigenvalue weighted by molar-refractivity contribution is 5.74. The normalized spacial score (nSPS) is 16.3. The number of rotatable bonds is 5. The van der Waals surface area contributed by atoms with Crippen LogP contribution < -0.4 is 10.6 Å². The molecule has 2 N–H and O–H groups in total. The van der Waals surface area contributed by atoms with Gasteiger partial charge in [0.25, 0.3) is 6.01 Å². The molecule has 19 heavy (non-hydrogen) atoms. The lowest BCUT2D eigenvalue weighted by Gasteiger charge is -2.27. The molecule has 0 amide bonds. The Morgan fingerprint density at radius 3 is 2.79 bits per heavy atom. The topological polar surface area (TPSA) is 55.3 Å². The van der Waals surface area contributed by atoms with Gasteiger partial charge in [-0.25, -0.2) is 0 Å². The smallest absolute Gasteiger partial charge is 0.298 e. The van der Waals surface area contributed by atoms with Crippen molar-refractivity contribution in [3.8, 4) is 0 Å². The van der Waals surface area contributed by atoms with Crippen LogP contribution in [0.15, 0.2) is 28.7 Å². The summed E-state index contributed by atoms with van der Waals surface area (Å²) >= 11 is 0. The van der Waals surface area contributed by atoms with E-state index in [2.05, 4.69) is 9.88 Å². The van der Waals surface area contributed by atoms with Crippen LogP contribution in [0.4, 0.5) is 6.01 Å². The lowest BCUT2D eigenvalue weighted by Crippen LogP contribution is -2.35. The Bertz CT molecular complexity index is 498. The Hall–Kier alpha value is -1.55. The van der Waals surface area contributed by atoms with Crippen LogP contribution in [-0.2, 0) is 0 Å². The van der Waals surface area contributed by atoms with E-state index in [0.29, 0.717) is 12.6 Å². The molecule has 0 atom stereocenters. The molecule has 3 rings (SSSR count). The molecule has 0 spiro atoms. The molecule has 1 heterocycles. The van der Waals surface area contributed by atoms with E-state index in [1.54, 1.807) is 0 Å². The van der Waals surface area contributed by atoms with Gasteiger partial charge in [0.2, 0.25) is 0 Å². The Morgan fingerprint density at radius 2 is 2.05 bits per heavy atom. The molecule has 1 aromatic heterocycles. The van der Waals surface area contributed by atoms with Crippen molar-refractivity contribution in [1.29, 1.82) is 0 Å². The Kier molecular flexibility index (Phi) is 3.69. The van der Waals surface area contributed by atoms with Gasteiger partial charge in [0.15, 0.2) is 5.58 Å². The Balaban J connectivity index is 1.88. The van der Waals surface area contributed by atoms with Gasteiger partial charge in [-0.2, -0.15) is 4.98 Å². The van der Waals surface area contributed by atoms with Gasteiger partial charge in [-0.3, -0.25) is 0 Å². The first-order chi connectivity index (χ1) is 9.38. The fraction of sp³-hybridized carbons (Fsp3) is 0.533. The molecule has 0 aliphatic heterocycles. The molecule has 4 heteroatoms. The van der Waals surface area contributed by atoms with Crippen molar-refractivity contribution >= 4 is 17.1 Å². The Morgan fingerprint density at radius 1 is 1.26 bits per heavy atom. The van der Waals surface area contributed by atoms with E-state index in [1.165, 1.54) is 25.7 Å². The van der Waals surface area contributed by atoms with Crippen LogP contribution in [0.2, 0.25) is 0 Å². The zero-order valence-corrected chi connectivity index (χ0v) is 11.2. The van der Waals surface area contributed by atoms with Crippen molar-refractivity contribution in [1.82, 2.24) is 4.98 Å². The van der Waals surface area contributed by atoms with Crippen molar-refractivity contribution in [2.45, 2.75) is 38.1 Å².